The first-order valence-electron chi connectivity index (χ1n) is 9.30. The van der Waals surface area contributed by atoms with Crippen LogP contribution in [0, 0.1) is 11.8 Å². The molecule has 24 heavy (non-hydrogen) atoms. The van der Waals surface area contributed by atoms with Gasteiger partial charge in [0.25, 0.3) is 5.91 Å². The number of pyridine rings is 1. The van der Waals surface area contributed by atoms with Crippen molar-refractivity contribution in [1.82, 2.24) is 15.2 Å². The third-order valence-electron chi connectivity index (χ3n) is 6.04. The maximum absolute atomic E-state index is 12.1. The van der Waals surface area contributed by atoms with Crippen molar-refractivity contribution < 1.29 is 9.53 Å². The molecular formula is C19H27N3O2. The van der Waals surface area contributed by atoms with Gasteiger partial charge in [0.1, 0.15) is 0 Å². The second-order valence-corrected chi connectivity index (χ2v) is 7.65. The molecule has 5 heteroatoms. The standard InChI is InChI=1S/C19H27N3O2/c23-18(16-4-8-20-9-5-16)21-10-6-17-7-11-24-19(17)13-22(14-19)12-15-2-1-3-15/h4-5,8-9,15,17H,1-3,6-7,10-14H2,(H,21,23)/t17-/m1/s1. The summed E-state index contributed by atoms with van der Waals surface area (Å²) >= 11 is 0. The number of aromatic nitrogens is 1. The zero-order chi connectivity index (χ0) is 16.4. The lowest BCUT2D eigenvalue weighted by Gasteiger charge is -2.52. The van der Waals surface area contributed by atoms with Gasteiger partial charge in [0.05, 0.1) is 5.60 Å². The van der Waals surface area contributed by atoms with Crippen LogP contribution in [0.2, 0.25) is 0 Å². The molecule has 1 spiro atoms. The number of hydrogen-bond donors (Lipinski definition) is 1. The Morgan fingerprint density at radius 1 is 1.29 bits per heavy atom. The van der Waals surface area contributed by atoms with Crippen molar-refractivity contribution in [1.29, 1.82) is 0 Å². The summed E-state index contributed by atoms with van der Waals surface area (Å²) < 4.78 is 6.13. The number of nitrogens with one attached hydrogen (secondary N) is 1. The first kappa shape index (κ1) is 16.0. The first-order valence-corrected chi connectivity index (χ1v) is 9.30. The Morgan fingerprint density at radius 3 is 2.79 bits per heavy atom. The minimum absolute atomic E-state index is 0.00872. The summed E-state index contributed by atoms with van der Waals surface area (Å²) in [6.07, 6.45) is 9.68. The van der Waals surface area contributed by atoms with Gasteiger partial charge in [0.2, 0.25) is 0 Å². The molecule has 3 aliphatic rings. The summed E-state index contributed by atoms with van der Waals surface area (Å²) in [5.41, 5.74) is 0.753. The Labute approximate surface area is 143 Å². The van der Waals surface area contributed by atoms with E-state index in [9.17, 15) is 4.79 Å². The lowest BCUT2D eigenvalue weighted by atomic mass is 9.77. The van der Waals surface area contributed by atoms with Crippen molar-refractivity contribution in [3.05, 3.63) is 30.1 Å². The van der Waals surface area contributed by atoms with E-state index in [-0.39, 0.29) is 11.5 Å². The molecule has 1 atom stereocenters. The van der Waals surface area contributed by atoms with Crippen molar-refractivity contribution in [2.24, 2.45) is 11.8 Å². The van der Waals surface area contributed by atoms with Gasteiger partial charge in [-0.3, -0.25) is 14.7 Å². The number of carbonyl (C=O) groups excluding carboxylic acids is 1. The molecule has 2 aliphatic heterocycles. The molecule has 1 aromatic heterocycles. The maximum atomic E-state index is 12.1. The monoisotopic (exact) mass is 329 g/mol. The summed E-state index contributed by atoms with van der Waals surface area (Å²) in [5.74, 6) is 1.50. The van der Waals surface area contributed by atoms with E-state index in [0.29, 0.717) is 11.5 Å². The third-order valence-corrected chi connectivity index (χ3v) is 6.04. The number of amides is 1. The molecule has 4 rings (SSSR count). The van der Waals surface area contributed by atoms with E-state index in [1.54, 1.807) is 24.5 Å². The predicted octanol–water partition coefficient (Wildman–Crippen LogP) is 2.09. The van der Waals surface area contributed by atoms with Gasteiger partial charge < -0.3 is 10.1 Å². The van der Waals surface area contributed by atoms with E-state index in [4.69, 9.17) is 4.74 Å². The van der Waals surface area contributed by atoms with Crippen molar-refractivity contribution in [3.63, 3.8) is 0 Å². The lowest BCUT2D eigenvalue weighted by molar-refractivity contribution is -0.139. The predicted molar refractivity (Wildman–Crippen MR) is 91.8 cm³/mol. The molecule has 2 saturated heterocycles. The van der Waals surface area contributed by atoms with Crippen LogP contribution in [0.1, 0.15) is 42.5 Å². The van der Waals surface area contributed by atoms with Crippen LogP contribution in [0.4, 0.5) is 0 Å². The van der Waals surface area contributed by atoms with Gasteiger partial charge in [-0.2, -0.15) is 0 Å². The summed E-state index contributed by atoms with van der Waals surface area (Å²) in [4.78, 5) is 18.6. The maximum Gasteiger partial charge on any atom is 0.251 e. The van der Waals surface area contributed by atoms with Crippen LogP contribution in [0.15, 0.2) is 24.5 Å². The molecule has 3 fully saturated rings. The van der Waals surface area contributed by atoms with Gasteiger partial charge in [-0.05, 0) is 49.7 Å². The van der Waals surface area contributed by atoms with Gasteiger partial charge >= 0.3 is 0 Å². The highest BCUT2D eigenvalue weighted by Crippen LogP contribution is 2.42. The molecular weight excluding hydrogens is 302 g/mol. The Balaban J connectivity index is 1.22. The highest BCUT2D eigenvalue weighted by molar-refractivity contribution is 5.93. The van der Waals surface area contributed by atoms with Crippen LogP contribution in [0.3, 0.4) is 0 Å². The minimum Gasteiger partial charge on any atom is -0.372 e. The topological polar surface area (TPSA) is 54.5 Å². The van der Waals surface area contributed by atoms with Crippen molar-refractivity contribution in [2.45, 2.75) is 37.7 Å². The summed E-state index contributed by atoms with van der Waals surface area (Å²) in [7, 11) is 0. The molecule has 1 aliphatic carbocycles. The number of likely N-dealkylation sites (tertiary alicyclic amines) is 1. The molecule has 1 aromatic rings. The van der Waals surface area contributed by atoms with Crippen LogP contribution in [0.5, 0.6) is 0 Å². The van der Waals surface area contributed by atoms with Crippen LogP contribution < -0.4 is 5.32 Å². The van der Waals surface area contributed by atoms with Crippen LogP contribution in [0.25, 0.3) is 0 Å². The zero-order valence-electron chi connectivity index (χ0n) is 14.2. The molecule has 0 aromatic carbocycles. The van der Waals surface area contributed by atoms with E-state index in [1.807, 2.05) is 0 Å². The minimum atomic E-state index is -0.00872. The Bertz CT molecular complexity index is 567. The number of nitrogens with zero attached hydrogens (tertiary/aromatic N) is 2. The second-order valence-electron chi connectivity index (χ2n) is 7.65. The van der Waals surface area contributed by atoms with Gasteiger partial charge in [0, 0.05) is 50.7 Å². The molecule has 130 valence electrons. The molecule has 1 amide bonds. The number of carbonyl (C=O) groups is 1. The van der Waals surface area contributed by atoms with Crippen molar-refractivity contribution >= 4 is 5.91 Å². The highest BCUT2D eigenvalue weighted by Gasteiger charge is 2.52. The van der Waals surface area contributed by atoms with Crippen molar-refractivity contribution in [2.75, 3.05) is 32.8 Å². The van der Waals surface area contributed by atoms with E-state index >= 15 is 0 Å². The number of ether oxygens (including phenoxy) is 1. The van der Waals surface area contributed by atoms with E-state index < -0.39 is 0 Å². The average molecular weight is 329 g/mol. The Morgan fingerprint density at radius 2 is 2.08 bits per heavy atom. The SMILES string of the molecule is O=C(NCC[C@@H]1CCOC12CN(CC1CCC1)C2)c1ccncc1. The lowest BCUT2D eigenvalue weighted by Crippen LogP contribution is -2.65. The molecule has 1 N–H and O–H groups in total. The van der Waals surface area contributed by atoms with E-state index in [1.165, 1.54) is 25.8 Å². The molecule has 1 saturated carbocycles. The molecule has 0 unspecified atom stereocenters. The van der Waals surface area contributed by atoms with Gasteiger partial charge in [-0.15, -0.1) is 0 Å². The van der Waals surface area contributed by atoms with Crippen molar-refractivity contribution in [3.8, 4) is 0 Å². The third kappa shape index (κ3) is 3.20. The van der Waals surface area contributed by atoms with Gasteiger partial charge in [-0.1, -0.05) is 6.42 Å². The first-order chi connectivity index (χ1) is 11.8. The summed E-state index contributed by atoms with van der Waals surface area (Å²) in [6.45, 7) is 5.04. The normalized spacial score (nSPS) is 26.1. The summed E-state index contributed by atoms with van der Waals surface area (Å²) in [6, 6.07) is 3.50. The highest BCUT2D eigenvalue weighted by atomic mass is 16.5. The van der Waals surface area contributed by atoms with Gasteiger partial charge in [0.15, 0.2) is 0 Å². The van der Waals surface area contributed by atoms with E-state index in [2.05, 4.69) is 15.2 Å². The van der Waals surface area contributed by atoms with Crippen LogP contribution in [-0.2, 0) is 4.74 Å². The molecule has 0 bridgehead atoms. The molecule has 3 heterocycles. The Kier molecular flexibility index (Phi) is 4.55. The summed E-state index contributed by atoms with van der Waals surface area (Å²) in [5, 5.41) is 3.04. The molecule has 0 radical (unpaired) electrons. The molecule has 5 nitrogen and oxygen atoms in total. The van der Waals surface area contributed by atoms with Crippen LogP contribution in [-0.4, -0.2) is 54.2 Å². The fourth-order valence-electron chi connectivity index (χ4n) is 4.39. The largest absolute Gasteiger partial charge is 0.372 e. The van der Waals surface area contributed by atoms with Crippen LogP contribution >= 0.6 is 0 Å². The zero-order valence-corrected chi connectivity index (χ0v) is 14.2. The average Bonchev–Trinajstić information content (AvgIpc) is 2.94. The van der Waals surface area contributed by atoms with Gasteiger partial charge in [-0.25, -0.2) is 0 Å². The van der Waals surface area contributed by atoms with E-state index in [0.717, 1.165) is 45.0 Å². The second kappa shape index (κ2) is 6.81. The fourth-order valence-corrected chi connectivity index (χ4v) is 4.39. The fraction of sp³-hybridized carbons (Fsp3) is 0.684. The quantitative estimate of drug-likeness (QED) is 0.868. The number of rotatable bonds is 6. The number of hydrogen-bond acceptors (Lipinski definition) is 4. The smallest absolute Gasteiger partial charge is 0.251 e. The Hall–Kier alpha value is -1.46.